The molecule has 7 heteroatoms. The van der Waals surface area contributed by atoms with Gasteiger partial charge in [-0.3, -0.25) is 19.7 Å². The van der Waals surface area contributed by atoms with Crippen molar-refractivity contribution in [2.24, 2.45) is 0 Å². The Morgan fingerprint density at radius 3 is 2.65 bits per heavy atom. The molecule has 1 aromatic carbocycles. The first-order valence-electron chi connectivity index (χ1n) is 5.96. The quantitative estimate of drug-likeness (QED) is 0.513. The van der Waals surface area contributed by atoms with Crippen LogP contribution in [0.15, 0.2) is 29.1 Å². The van der Waals surface area contributed by atoms with Gasteiger partial charge in [-0.15, -0.1) is 0 Å². The lowest BCUT2D eigenvalue weighted by molar-refractivity contribution is -0.465. The number of aryl methyl sites for hydroxylation is 1. The summed E-state index contributed by atoms with van der Waals surface area (Å²) in [5, 5.41) is 20.8. The predicted octanol–water partition coefficient (Wildman–Crippen LogP) is 1.19. The number of nitro groups is 1. The average molecular weight is 276 g/mol. The molecular weight excluding hydrogens is 264 g/mol. The number of hydrogen-bond donors (Lipinski definition) is 1. The van der Waals surface area contributed by atoms with Gasteiger partial charge in [0.15, 0.2) is 0 Å². The molecule has 0 unspecified atom stereocenters. The van der Waals surface area contributed by atoms with Crippen LogP contribution in [0.25, 0.3) is 10.9 Å². The molecule has 2 aromatic rings. The van der Waals surface area contributed by atoms with Crippen LogP contribution in [0.3, 0.4) is 0 Å². The zero-order valence-electron chi connectivity index (χ0n) is 10.7. The summed E-state index contributed by atoms with van der Waals surface area (Å²) in [6.07, 6.45) is 0. The molecule has 0 atom stereocenters. The lowest BCUT2D eigenvalue weighted by atomic mass is 10.1. The van der Waals surface area contributed by atoms with E-state index < -0.39 is 34.1 Å². The molecule has 0 saturated heterocycles. The highest BCUT2D eigenvalue weighted by molar-refractivity contribution is 6.04. The van der Waals surface area contributed by atoms with Gasteiger partial charge in [0, 0.05) is 16.9 Å². The number of carbonyl (C=O) groups is 1. The van der Waals surface area contributed by atoms with E-state index in [1.54, 1.807) is 31.2 Å². The summed E-state index contributed by atoms with van der Waals surface area (Å²) < 4.78 is 1.31. The third-order valence-electron chi connectivity index (χ3n) is 3.01. The highest BCUT2D eigenvalue weighted by atomic mass is 16.6. The van der Waals surface area contributed by atoms with Crippen LogP contribution < -0.4 is 5.56 Å². The molecule has 104 valence electrons. The van der Waals surface area contributed by atoms with Gasteiger partial charge >= 0.3 is 0 Å². The van der Waals surface area contributed by atoms with Gasteiger partial charge in [0.2, 0.25) is 5.78 Å². The second kappa shape index (κ2) is 5.12. The van der Waals surface area contributed by atoms with Crippen LogP contribution in [0.5, 0.6) is 5.75 Å². The van der Waals surface area contributed by atoms with Crippen LogP contribution in [0, 0.1) is 10.1 Å². The monoisotopic (exact) mass is 276 g/mol. The van der Waals surface area contributed by atoms with Crippen LogP contribution >= 0.6 is 0 Å². The van der Waals surface area contributed by atoms with E-state index in [9.17, 15) is 24.8 Å². The van der Waals surface area contributed by atoms with Crippen LogP contribution in [0.2, 0.25) is 0 Å². The fraction of sp³-hybridized carbons (Fsp3) is 0.231. The zero-order chi connectivity index (χ0) is 14.9. The van der Waals surface area contributed by atoms with Gasteiger partial charge < -0.3 is 9.67 Å². The van der Waals surface area contributed by atoms with Crippen molar-refractivity contribution in [2.75, 3.05) is 6.54 Å². The van der Waals surface area contributed by atoms with Crippen LogP contribution in [0.1, 0.15) is 17.3 Å². The van der Waals surface area contributed by atoms with Gasteiger partial charge in [-0.25, -0.2) is 0 Å². The molecule has 0 aliphatic carbocycles. The number of Topliss-reactive ketones (excluding diaryl/α,β-unsaturated/α-hetero) is 1. The Morgan fingerprint density at radius 2 is 2.05 bits per heavy atom. The van der Waals surface area contributed by atoms with E-state index in [2.05, 4.69) is 0 Å². The molecule has 0 amide bonds. The van der Waals surface area contributed by atoms with Crippen LogP contribution in [-0.4, -0.2) is 26.9 Å². The molecule has 0 fully saturated rings. The van der Waals surface area contributed by atoms with E-state index in [-0.39, 0.29) is 0 Å². The summed E-state index contributed by atoms with van der Waals surface area (Å²) in [4.78, 5) is 33.6. The third kappa shape index (κ3) is 2.13. The maximum atomic E-state index is 12.2. The van der Waals surface area contributed by atoms with Crippen molar-refractivity contribution in [3.63, 3.8) is 0 Å². The standard InChI is InChI=1S/C13H12N2O5/c1-2-14-9-6-4-3-5-8(9)12(17)11(13(14)18)10(16)7-15(19)20/h3-6,17H,2,7H2,1H3. The van der Waals surface area contributed by atoms with Crippen molar-refractivity contribution in [1.29, 1.82) is 0 Å². The number of carbonyl (C=O) groups excluding carboxylic acids is 1. The second-order valence-electron chi connectivity index (χ2n) is 4.20. The van der Waals surface area contributed by atoms with Crippen molar-refractivity contribution < 1.29 is 14.8 Å². The SMILES string of the molecule is CCn1c(=O)c(C(=O)C[N+](=O)[O-])c(O)c2ccccc21. The molecule has 20 heavy (non-hydrogen) atoms. The van der Waals surface area contributed by atoms with E-state index in [1.165, 1.54) is 4.57 Å². The average Bonchev–Trinajstić information content (AvgIpc) is 2.38. The number of hydrogen-bond acceptors (Lipinski definition) is 5. The Morgan fingerprint density at radius 1 is 1.40 bits per heavy atom. The normalized spacial score (nSPS) is 10.7. The molecule has 0 aliphatic heterocycles. The number of benzene rings is 1. The van der Waals surface area contributed by atoms with Crippen molar-refractivity contribution in [1.82, 2.24) is 4.57 Å². The van der Waals surface area contributed by atoms with Gasteiger partial charge in [0.1, 0.15) is 11.3 Å². The summed E-state index contributed by atoms with van der Waals surface area (Å²) in [5.41, 5.74) is -0.757. The smallest absolute Gasteiger partial charge is 0.266 e. The maximum Gasteiger partial charge on any atom is 0.266 e. The van der Waals surface area contributed by atoms with E-state index >= 15 is 0 Å². The second-order valence-corrected chi connectivity index (χ2v) is 4.20. The molecular formula is C13H12N2O5. The van der Waals surface area contributed by atoms with Gasteiger partial charge in [0.05, 0.1) is 5.52 Å². The van der Waals surface area contributed by atoms with Crippen LogP contribution in [0.4, 0.5) is 0 Å². The summed E-state index contributed by atoms with van der Waals surface area (Å²) in [7, 11) is 0. The summed E-state index contributed by atoms with van der Waals surface area (Å²) in [6, 6.07) is 6.54. The maximum absolute atomic E-state index is 12.2. The summed E-state index contributed by atoms with van der Waals surface area (Å²) >= 11 is 0. The van der Waals surface area contributed by atoms with E-state index in [0.29, 0.717) is 17.4 Å². The Kier molecular flexibility index (Phi) is 3.51. The molecule has 0 aliphatic rings. The first-order chi connectivity index (χ1) is 9.47. The number of ketones is 1. The van der Waals surface area contributed by atoms with Gasteiger partial charge in [-0.05, 0) is 19.1 Å². The Hall–Kier alpha value is -2.70. The van der Waals surface area contributed by atoms with Crippen molar-refractivity contribution in [2.45, 2.75) is 13.5 Å². The minimum atomic E-state index is -1.02. The lowest BCUT2D eigenvalue weighted by Gasteiger charge is -2.12. The number of nitrogens with zero attached hydrogens (tertiary/aromatic N) is 2. The first-order valence-corrected chi connectivity index (χ1v) is 5.96. The molecule has 0 spiro atoms. The fourth-order valence-corrected chi connectivity index (χ4v) is 2.15. The number of aromatic nitrogens is 1. The van der Waals surface area contributed by atoms with Crippen molar-refractivity contribution in [3.05, 3.63) is 50.3 Å². The number of para-hydroxylation sites is 1. The van der Waals surface area contributed by atoms with Crippen LogP contribution in [-0.2, 0) is 6.54 Å². The molecule has 1 aromatic heterocycles. The first kappa shape index (κ1) is 13.7. The largest absolute Gasteiger partial charge is 0.506 e. The molecule has 1 N–H and O–H groups in total. The van der Waals surface area contributed by atoms with E-state index in [4.69, 9.17) is 0 Å². The number of aromatic hydroxyl groups is 1. The fourth-order valence-electron chi connectivity index (χ4n) is 2.15. The predicted molar refractivity (Wildman–Crippen MR) is 71.7 cm³/mol. The van der Waals surface area contributed by atoms with Gasteiger partial charge in [0.25, 0.3) is 12.1 Å². The highest BCUT2D eigenvalue weighted by Crippen LogP contribution is 2.26. The molecule has 1 heterocycles. The molecule has 0 radical (unpaired) electrons. The number of pyridine rings is 1. The third-order valence-corrected chi connectivity index (χ3v) is 3.01. The minimum absolute atomic E-state index is 0.290. The Balaban J connectivity index is 2.82. The van der Waals surface area contributed by atoms with E-state index in [1.807, 2.05) is 0 Å². The van der Waals surface area contributed by atoms with Crippen molar-refractivity contribution in [3.8, 4) is 5.75 Å². The summed E-state index contributed by atoms with van der Waals surface area (Å²) in [6.45, 7) is 0.982. The number of rotatable bonds is 4. The molecule has 0 saturated carbocycles. The van der Waals surface area contributed by atoms with Gasteiger partial charge in [-0.1, -0.05) is 12.1 Å². The number of fused-ring (bicyclic) bond motifs is 1. The molecule has 7 nitrogen and oxygen atoms in total. The lowest BCUT2D eigenvalue weighted by Crippen LogP contribution is -2.29. The van der Waals surface area contributed by atoms with Gasteiger partial charge in [-0.2, -0.15) is 0 Å². The Labute approximate surface area is 113 Å². The molecule has 0 bridgehead atoms. The minimum Gasteiger partial charge on any atom is -0.506 e. The highest BCUT2D eigenvalue weighted by Gasteiger charge is 2.24. The molecule has 2 rings (SSSR count). The topological polar surface area (TPSA) is 102 Å². The zero-order valence-corrected chi connectivity index (χ0v) is 10.7. The van der Waals surface area contributed by atoms with Crippen molar-refractivity contribution >= 4 is 16.7 Å². The Bertz CT molecular complexity index is 763. The summed E-state index contributed by atoms with van der Waals surface area (Å²) in [5.74, 6) is -1.49. The van der Waals surface area contributed by atoms with E-state index in [0.717, 1.165) is 0 Å².